The van der Waals surface area contributed by atoms with Crippen molar-refractivity contribution in [3.05, 3.63) is 58.1 Å². The normalized spacial score (nSPS) is 10.6. The zero-order valence-electron chi connectivity index (χ0n) is 14.4. The van der Waals surface area contributed by atoms with Crippen LogP contribution in [-0.4, -0.2) is 36.3 Å². The molecule has 0 aliphatic heterocycles. The number of hydrogen-bond donors (Lipinski definition) is 2. The molecule has 0 atom stereocenters. The van der Waals surface area contributed by atoms with Gasteiger partial charge in [0.25, 0.3) is 11.8 Å². The highest BCUT2D eigenvalue weighted by atomic mass is 16.6. The molecule has 0 spiro atoms. The molecule has 0 unspecified atom stereocenters. The van der Waals surface area contributed by atoms with Crippen LogP contribution in [0.5, 0.6) is 0 Å². The van der Waals surface area contributed by atoms with Crippen molar-refractivity contribution in [3.63, 3.8) is 0 Å². The number of nitro groups is 1. The average Bonchev–Trinajstić information content (AvgIpc) is 3.32. The zero-order valence-corrected chi connectivity index (χ0v) is 14.4. The molecule has 0 saturated heterocycles. The first-order chi connectivity index (χ1) is 12.9. The summed E-state index contributed by atoms with van der Waals surface area (Å²) in [6, 6.07) is 3.39. The third-order valence-corrected chi connectivity index (χ3v) is 3.63. The minimum Gasteiger partial charge on any atom is -0.467 e. The van der Waals surface area contributed by atoms with Crippen LogP contribution in [0.4, 0.5) is 11.4 Å². The molecule has 3 aromatic rings. The van der Waals surface area contributed by atoms with Gasteiger partial charge in [0, 0.05) is 20.3 Å². The molecule has 12 heteroatoms. The van der Waals surface area contributed by atoms with Crippen LogP contribution in [0.1, 0.15) is 26.7 Å². The van der Waals surface area contributed by atoms with Gasteiger partial charge in [0.05, 0.1) is 23.4 Å². The molecule has 3 rings (SSSR count). The van der Waals surface area contributed by atoms with Crippen LogP contribution in [0.15, 0.2) is 35.2 Å². The number of amides is 2. The quantitative estimate of drug-likeness (QED) is 0.480. The van der Waals surface area contributed by atoms with Gasteiger partial charge in [-0.05, 0) is 12.1 Å². The molecule has 3 aromatic heterocycles. The molecular weight excluding hydrogens is 358 g/mol. The van der Waals surface area contributed by atoms with E-state index in [1.165, 1.54) is 24.2 Å². The number of rotatable bonds is 6. The Kier molecular flexibility index (Phi) is 4.70. The molecule has 0 saturated carbocycles. The van der Waals surface area contributed by atoms with Gasteiger partial charge in [-0.25, -0.2) is 0 Å². The van der Waals surface area contributed by atoms with Gasteiger partial charge in [-0.1, -0.05) is 0 Å². The third-order valence-electron chi connectivity index (χ3n) is 3.63. The molecule has 0 aliphatic carbocycles. The standard InChI is InChI=1S/C15H15N7O5/c1-20-8-10(12(19-20)14(23)16-6-9-4-3-5-27-9)18-15(24)13-11(22(25)26)7-17-21(13)2/h3-5,7-8H,6H2,1-2H3,(H,16,23)(H,18,24). The summed E-state index contributed by atoms with van der Waals surface area (Å²) >= 11 is 0. The second kappa shape index (κ2) is 7.11. The van der Waals surface area contributed by atoms with E-state index in [0.717, 1.165) is 10.9 Å². The van der Waals surface area contributed by atoms with Crippen LogP contribution >= 0.6 is 0 Å². The summed E-state index contributed by atoms with van der Waals surface area (Å²) in [4.78, 5) is 35.2. The van der Waals surface area contributed by atoms with E-state index >= 15 is 0 Å². The first kappa shape index (κ1) is 17.8. The van der Waals surface area contributed by atoms with Crippen molar-refractivity contribution in [3.8, 4) is 0 Å². The van der Waals surface area contributed by atoms with Gasteiger partial charge in [-0.2, -0.15) is 10.2 Å². The molecule has 27 heavy (non-hydrogen) atoms. The van der Waals surface area contributed by atoms with Crippen molar-refractivity contribution in [1.82, 2.24) is 24.9 Å². The van der Waals surface area contributed by atoms with E-state index in [9.17, 15) is 19.7 Å². The van der Waals surface area contributed by atoms with Crippen molar-refractivity contribution in [2.24, 2.45) is 14.1 Å². The van der Waals surface area contributed by atoms with Crippen LogP contribution in [-0.2, 0) is 20.6 Å². The molecule has 0 aromatic carbocycles. The molecule has 0 radical (unpaired) electrons. The largest absolute Gasteiger partial charge is 0.467 e. The van der Waals surface area contributed by atoms with E-state index < -0.39 is 22.4 Å². The smallest absolute Gasteiger partial charge is 0.320 e. The van der Waals surface area contributed by atoms with E-state index in [1.807, 2.05) is 0 Å². The Morgan fingerprint density at radius 2 is 2.11 bits per heavy atom. The number of furan rings is 1. The van der Waals surface area contributed by atoms with E-state index in [2.05, 4.69) is 20.8 Å². The summed E-state index contributed by atoms with van der Waals surface area (Å²) in [6.45, 7) is 0.142. The Morgan fingerprint density at radius 1 is 1.33 bits per heavy atom. The summed E-state index contributed by atoms with van der Waals surface area (Å²) in [5.74, 6) is -0.771. The summed E-state index contributed by atoms with van der Waals surface area (Å²) < 4.78 is 7.56. The van der Waals surface area contributed by atoms with E-state index in [4.69, 9.17) is 4.42 Å². The van der Waals surface area contributed by atoms with Crippen LogP contribution in [0, 0.1) is 10.1 Å². The van der Waals surface area contributed by atoms with Gasteiger partial charge in [0.15, 0.2) is 5.69 Å². The van der Waals surface area contributed by atoms with Crippen molar-refractivity contribution in [2.75, 3.05) is 5.32 Å². The first-order valence-corrected chi connectivity index (χ1v) is 7.68. The van der Waals surface area contributed by atoms with Gasteiger partial charge < -0.3 is 15.1 Å². The first-order valence-electron chi connectivity index (χ1n) is 7.68. The van der Waals surface area contributed by atoms with Crippen LogP contribution in [0.3, 0.4) is 0 Å². The highest BCUT2D eigenvalue weighted by molar-refractivity contribution is 6.09. The second-order valence-corrected chi connectivity index (χ2v) is 5.54. The molecule has 12 nitrogen and oxygen atoms in total. The molecule has 0 bridgehead atoms. The van der Waals surface area contributed by atoms with E-state index in [0.29, 0.717) is 5.76 Å². The Morgan fingerprint density at radius 3 is 2.78 bits per heavy atom. The lowest BCUT2D eigenvalue weighted by Gasteiger charge is -2.06. The number of aromatic nitrogens is 4. The van der Waals surface area contributed by atoms with Gasteiger partial charge in [0.2, 0.25) is 5.69 Å². The van der Waals surface area contributed by atoms with Crippen LogP contribution < -0.4 is 10.6 Å². The van der Waals surface area contributed by atoms with Crippen LogP contribution in [0.25, 0.3) is 0 Å². The molecule has 2 amide bonds. The van der Waals surface area contributed by atoms with Crippen molar-refractivity contribution in [2.45, 2.75) is 6.54 Å². The maximum atomic E-state index is 12.5. The molecule has 0 fully saturated rings. The lowest BCUT2D eigenvalue weighted by atomic mass is 10.3. The monoisotopic (exact) mass is 373 g/mol. The fraction of sp³-hybridized carbons (Fsp3) is 0.200. The average molecular weight is 373 g/mol. The Labute approximate surface area is 151 Å². The predicted octanol–water partition coefficient (Wildman–Crippen LogP) is 0.837. The summed E-state index contributed by atoms with van der Waals surface area (Å²) in [5, 5.41) is 23.9. The lowest BCUT2D eigenvalue weighted by Crippen LogP contribution is -2.25. The minimum atomic E-state index is -0.783. The van der Waals surface area contributed by atoms with Gasteiger partial charge in [-0.3, -0.25) is 29.1 Å². The molecule has 3 heterocycles. The second-order valence-electron chi connectivity index (χ2n) is 5.54. The van der Waals surface area contributed by atoms with Gasteiger partial charge in [-0.15, -0.1) is 0 Å². The van der Waals surface area contributed by atoms with Crippen molar-refractivity contribution < 1.29 is 18.9 Å². The number of hydrogen-bond acceptors (Lipinski definition) is 7. The van der Waals surface area contributed by atoms with E-state index in [1.54, 1.807) is 19.2 Å². The Bertz CT molecular complexity index is 1000. The summed E-state index contributed by atoms with van der Waals surface area (Å²) in [7, 11) is 2.98. The fourth-order valence-corrected chi connectivity index (χ4v) is 2.42. The molecule has 140 valence electrons. The minimum absolute atomic E-state index is 0.0396. The fourth-order valence-electron chi connectivity index (χ4n) is 2.42. The lowest BCUT2D eigenvalue weighted by molar-refractivity contribution is -0.385. The zero-order chi connectivity index (χ0) is 19.6. The predicted molar refractivity (Wildman–Crippen MR) is 90.9 cm³/mol. The number of carbonyl (C=O) groups is 2. The number of nitrogens with zero attached hydrogens (tertiary/aromatic N) is 5. The Balaban J connectivity index is 1.80. The number of carbonyl (C=O) groups excluding carboxylic acids is 2. The van der Waals surface area contributed by atoms with Crippen molar-refractivity contribution >= 4 is 23.2 Å². The van der Waals surface area contributed by atoms with Gasteiger partial charge >= 0.3 is 5.69 Å². The summed E-state index contributed by atoms with van der Waals surface area (Å²) in [5.41, 5.74) is -0.620. The molecular formula is C15H15N7O5. The summed E-state index contributed by atoms with van der Waals surface area (Å²) in [6.07, 6.45) is 3.88. The van der Waals surface area contributed by atoms with E-state index in [-0.39, 0.29) is 23.6 Å². The maximum Gasteiger partial charge on any atom is 0.320 e. The Hall–Kier alpha value is -3.96. The van der Waals surface area contributed by atoms with Crippen molar-refractivity contribution in [1.29, 1.82) is 0 Å². The SMILES string of the molecule is Cn1cc(NC(=O)c2c([N+](=O)[O-])cnn2C)c(C(=O)NCc2ccco2)n1. The van der Waals surface area contributed by atoms with Crippen LogP contribution in [0.2, 0.25) is 0 Å². The number of aryl methyl sites for hydroxylation is 2. The third kappa shape index (κ3) is 3.68. The number of nitrogens with one attached hydrogen (secondary N) is 2. The van der Waals surface area contributed by atoms with Gasteiger partial charge in [0.1, 0.15) is 12.0 Å². The highest BCUT2D eigenvalue weighted by Gasteiger charge is 2.27. The maximum absolute atomic E-state index is 12.5. The highest BCUT2D eigenvalue weighted by Crippen LogP contribution is 2.20. The molecule has 2 N–H and O–H groups in total. The number of anilines is 1. The molecule has 0 aliphatic rings. The topological polar surface area (TPSA) is 150 Å².